The lowest BCUT2D eigenvalue weighted by Gasteiger charge is -2.18. The second kappa shape index (κ2) is 7.65. The molecule has 0 aliphatic carbocycles. The van der Waals surface area contributed by atoms with Crippen LogP contribution in [0.4, 0.5) is 0 Å². The van der Waals surface area contributed by atoms with E-state index in [0.29, 0.717) is 6.54 Å². The van der Waals surface area contributed by atoms with Crippen molar-refractivity contribution in [3.63, 3.8) is 0 Å². The van der Waals surface area contributed by atoms with Gasteiger partial charge in [-0.2, -0.15) is 0 Å². The summed E-state index contributed by atoms with van der Waals surface area (Å²) in [6.45, 7) is 5.73. The van der Waals surface area contributed by atoms with Crippen molar-refractivity contribution in [3.8, 4) is 0 Å². The van der Waals surface area contributed by atoms with Crippen molar-refractivity contribution in [2.45, 2.75) is 20.8 Å². The van der Waals surface area contributed by atoms with Crippen LogP contribution in [-0.4, -0.2) is 38.2 Å². The fraction of sp³-hybridized carbons (Fsp3) is 0.800. The van der Waals surface area contributed by atoms with E-state index in [2.05, 4.69) is 10.0 Å². The number of carbonyl (C=O) groups excluding carboxylic acids is 1. The Balaban J connectivity index is 4.30. The van der Waals surface area contributed by atoms with Crippen LogP contribution < -0.4 is 15.8 Å². The number of hydrogen-bond donors (Lipinski definition) is 3. The molecule has 0 spiro atoms. The van der Waals surface area contributed by atoms with Gasteiger partial charge in [0, 0.05) is 13.1 Å². The van der Waals surface area contributed by atoms with Crippen LogP contribution in [0.2, 0.25) is 0 Å². The highest BCUT2D eigenvalue weighted by Gasteiger charge is 2.24. The fourth-order valence-electron chi connectivity index (χ4n) is 1.47. The van der Waals surface area contributed by atoms with Crippen molar-refractivity contribution in [3.05, 3.63) is 0 Å². The van der Waals surface area contributed by atoms with E-state index in [0.717, 1.165) is 0 Å². The first-order valence-corrected chi connectivity index (χ1v) is 7.81. The molecular weight excluding hydrogens is 274 g/mol. The lowest BCUT2D eigenvalue weighted by atomic mass is 9.95. The molecule has 1 unspecified atom stereocenters. The first kappa shape index (κ1) is 17.3. The number of thiocarbonyl (C=S) groups is 1. The van der Waals surface area contributed by atoms with Gasteiger partial charge in [-0.05, 0) is 5.92 Å². The van der Waals surface area contributed by atoms with E-state index in [9.17, 15) is 13.2 Å². The lowest BCUT2D eigenvalue weighted by molar-refractivity contribution is -0.123. The third-order valence-corrected chi connectivity index (χ3v) is 4.01. The van der Waals surface area contributed by atoms with Crippen LogP contribution in [-0.2, 0) is 14.8 Å². The molecule has 1 atom stereocenters. The maximum absolute atomic E-state index is 11.8. The summed E-state index contributed by atoms with van der Waals surface area (Å²) >= 11 is 4.82. The van der Waals surface area contributed by atoms with E-state index in [-0.39, 0.29) is 29.1 Å². The molecule has 0 aromatic rings. The van der Waals surface area contributed by atoms with E-state index < -0.39 is 15.9 Å². The van der Waals surface area contributed by atoms with E-state index >= 15 is 0 Å². The van der Waals surface area contributed by atoms with E-state index in [4.69, 9.17) is 18.0 Å². The third kappa shape index (κ3) is 6.27. The summed E-state index contributed by atoms with van der Waals surface area (Å²) in [6.07, 6.45) is 0. The highest BCUT2D eigenvalue weighted by Crippen LogP contribution is 2.11. The summed E-state index contributed by atoms with van der Waals surface area (Å²) in [5, 5.41) is 2.53. The van der Waals surface area contributed by atoms with E-state index in [1.807, 2.05) is 13.8 Å². The topological polar surface area (TPSA) is 101 Å². The molecule has 0 fully saturated rings. The quantitative estimate of drug-likeness (QED) is 0.529. The molecule has 8 heteroatoms. The summed E-state index contributed by atoms with van der Waals surface area (Å²) in [6, 6.07) is 0. The van der Waals surface area contributed by atoms with Crippen molar-refractivity contribution in [1.82, 2.24) is 10.0 Å². The molecule has 0 aromatic heterocycles. The molecule has 4 N–H and O–H groups in total. The minimum atomic E-state index is -3.32. The fourth-order valence-corrected chi connectivity index (χ4v) is 2.81. The molecule has 6 nitrogen and oxygen atoms in total. The number of amides is 1. The Morgan fingerprint density at radius 2 is 1.94 bits per heavy atom. The van der Waals surface area contributed by atoms with Gasteiger partial charge in [0.1, 0.15) is 0 Å². The Morgan fingerprint density at radius 1 is 1.39 bits per heavy atom. The first-order chi connectivity index (χ1) is 8.21. The van der Waals surface area contributed by atoms with Gasteiger partial charge in [-0.3, -0.25) is 4.79 Å². The lowest BCUT2D eigenvalue weighted by Crippen LogP contribution is -2.43. The second-order valence-corrected chi connectivity index (χ2v) is 6.63. The molecule has 0 aromatic carbocycles. The number of sulfonamides is 1. The smallest absolute Gasteiger partial charge is 0.230 e. The molecule has 1 amide bonds. The molecule has 106 valence electrons. The predicted molar refractivity (Wildman–Crippen MR) is 75.6 cm³/mol. The first-order valence-electron chi connectivity index (χ1n) is 5.75. The highest BCUT2D eigenvalue weighted by atomic mass is 32.2. The van der Waals surface area contributed by atoms with Crippen molar-refractivity contribution in [2.75, 3.05) is 18.8 Å². The van der Waals surface area contributed by atoms with Gasteiger partial charge in [0.25, 0.3) is 0 Å². The Morgan fingerprint density at radius 3 is 2.33 bits per heavy atom. The normalized spacial score (nSPS) is 13.3. The second-order valence-electron chi connectivity index (χ2n) is 4.23. The molecule has 0 aliphatic heterocycles. The molecule has 0 heterocycles. The number of hydrogen-bond acceptors (Lipinski definition) is 4. The zero-order chi connectivity index (χ0) is 14.3. The number of rotatable bonds is 8. The van der Waals surface area contributed by atoms with Crippen LogP contribution in [0.1, 0.15) is 20.8 Å². The van der Waals surface area contributed by atoms with Gasteiger partial charge >= 0.3 is 0 Å². The van der Waals surface area contributed by atoms with Crippen LogP contribution in [0.15, 0.2) is 0 Å². The monoisotopic (exact) mass is 295 g/mol. The van der Waals surface area contributed by atoms with Gasteiger partial charge in [-0.15, -0.1) is 0 Å². The van der Waals surface area contributed by atoms with Crippen LogP contribution in [0.3, 0.4) is 0 Å². The van der Waals surface area contributed by atoms with Crippen molar-refractivity contribution >= 4 is 33.1 Å². The van der Waals surface area contributed by atoms with Crippen molar-refractivity contribution in [2.24, 2.45) is 17.6 Å². The standard InChI is InChI=1S/C10H21N3O3S2/c1-4-13-18(15,16)6-5-12-10(14)8(7(2)3)9(11)17/h7-8,13H,4-6H2,1-3H3,(H2,11,17)(H,12,14). The Bertz CT molecular complexity index is 393. The minimum Gasteiger partial charge on any atom is -0.393 e. The van der Waals surface area contributed by atoms with Gasteiger partial charge in [0.05, 0.1) is 16.7 Å². The van der Waals surface area contributed by atoms with Gasteiger partial charge in [-0.25, -0.2) is 13.1 Å². The van der Waals surface area contributed by atoms with Crippen LogP contribution in [0, 0.1) is 11.8 Å². The molecule has 0 bridgehead atoms. The molecule has 0 saturated heterocycles. The average molecular weight is 295 g/mol. The highest BCUT2D eigenvalue weighted by molar-refractivity contribution is 7.89. The van der Waals surface area contributed by atoms with Crippen LogP contribution in [0.25, 0.3) is 0 Å². The third-order valence-electron chi connectivity index (χ3n) is 2.29. The summed E-state index contributed by atoms with van der Waals surface area (Å²) in [5.74, 6) is -1.08. The zero-order valence-electron chi connectivity index (χ0n) is 10.9. The van der Waals surface area contributed by atoms with Gasteiger partial charge in [0.2, 0.25) is 15.9 Å². The Labute approximate surface area is 114 Å². The van der Waals surface area contributed by atoms with Crippen molar-refractivity contribution in [1.29, 1.82) is 0 Å². The minimum absolute atomic E-state index is 0.0205. The summed E-state index contributed by atoms with van der Waals surface area (Å²) in [4.78, 5) is 11.9. The summed E-state index contributed by atoms with van der Waals surface area (Å²) < 4.78 is 25.0. The summed E-state index contributed by atoms with van der Waals surface area (Å²) in [5.41, 5.74) is 5.48. The molecule has 0 saturated carbocycles. The van der Waals surface area contributed by atoms with Crippen LogP contribution >= 0.6 is 12.2 Å². The van der Waals surface area contributed by atoms with Crippen molar-refractivity contribution < 1.29 is 13.2 Å². The van der Waals surface area contributed by atoms with Gasteiger partial charge in [-0.1, -0.05) is 33.0 Å². The van der Waals surface area contributed by atoms with Gasteiger partial charge in [0.15, 0.2) is 0 Å². The zero-order valence-corrected chi connectivity index (χ0v) is 12.5. The SMILES string of the molecule is CCNS(=O)(=O)CCNC(=O)C(C(N)=S)C(C)C. The Hall–Kier alpha value is -0.730. The Kier molecular flexibility index (Phi) is 7.34. The average Bonchev–Trinajstić information content (AvgIpc) is 2.15. The molecule has 0 aliphatic rings. The number of nitrogens with one attached hydrogen (secondary N) is 2. The predicted octanol–water partition coefficient (Wildman–Crippen LogP) is -0.400. The molecular formula is C10H21N3O3S2. The summed E-state index contributed by atoms with van der Waals surface area (Å²) in [7, 11) is -3.32. The largest absolute Gasteiger partial charge is 0.393 e. The van der Waals surface area contributed by atoms with E-state index in [1.165, 1.54) is 0 Å². The molecule has 0 rings (SSSR count). The number of carbonyl (C=O) groups is 1. The van der Waals surface area contributed by atoms with Crippen LogP contribution in [0.5, 0.6) is 0 Å². The molecule has 0 radical (unpaired) electrons. The molecule has 18 heavy (non-hydrogen) atoms. The number of nitrogens with two attached hydrogens (primary N) is 1. The maximum atomic E-state index is 11.8. The van der Waals surface area contributed by atoms with Gasteiger partial charge < -0.3 is 11.1 Å². The van der Waals surface area contributed by atoms with E-state index in [1.54, 1.807) is 6.92 Å². The maximum Gasteiger partial charge on any atom is 0.230 e.